The highest BCUT2D eigenvalue weighted by Gasteiger charge is 2.17. The van der Waals surface area contributed by atoms with E-state index in [9.17, 15) is 0 Å². The molecule has 2 N–H and O–H groups in total. The maximum atomic E-state index is 6.28. The summed E-state index contributed by atoms with van der Waals surface area (Å²) in [7, 11) is 0. The molecule has 4 heteroatoms. The van der Waals surface area contributed by atoms with E-state index in [0.29, 0.717) is 18.6 Å². The molecule has 0 aliphatic carbocycles. The van der Waals surface area contributed by atoms with Crippen LogP contribution in [0.3, 0.4) is 0 Å². The van der Waals surface area contributed by atoms with Crippen molar-refractivity contribution in [1.29, 1.82) is 0 Å². The lowest BCUT2D eigenvalue weighted by atomic mass is 9.99. The Kier molecular flexibility index (Phi) is 7.90. The predicted molar refractivity (Wildman–Crippen MR) is 137 cm³/mol. The maximum Gasteiger partial charge on any atom is 0.120 e. The topological polar surface area (TPSA) is 42.5 Å². The lowest BCUT2D eigenvalue weighted by Gasteiger charge is -2.19. The van der Waals surface area contributed by atoms with Crippen LogP contribution >= 0.6 is 0 Å². The maximum absolute atomic E-state index is 6.28. The average Bonchev–Trinajstić information content (AvgIpc) is 3.35. The number of dihydropyridines is 1. The number of ether oxygens (including phenoxy) is 2. The molecule has 0 saturated carbocycles. The van der Waals surface area contributed by atoms with Crippen molar-refractivity contribution in [2.75, 3.05) is 26.4 Å². The third kappa shape index (κ3) is 6.52. The van der Waals surface area contributed by atoms with Gasteiger partial charge in [0.05, 0.1) is 13.2 Å². The Labute approximate surface area is 198 Å². The number of rotatable bonds is 9. The summed E-state index contributed by atoms with van der Waals surface area (Å²) in [4.78, 5) is 0. The Morgan fingerprint density at radius 2 is 2.03 bits per heavy atom. The molecule has 4 nitrogen and oxygen atoms in total. The molecule has 174 valence electrons. The van der Waals surface area contributed by atoms with Gasteiger partial charge >= 0.3 is 0 Å². The second-order valence-electron chi connectivity index (χ2n) is 9.07. The van der Waals surface area contributed by atoms with Crippen LogP contribution in [-0.2, 0) is 4.74 Å². The van der Waals surface area contributed by atoms with E-state index < -0.39 is 0 Å². The molecule has 1 saturated heterocycles. The number of benzene rings is 2. The van der Waals surface area contributed by atoms with Crippen LogP contribution in [-0.4, -0.2) is 32.4 Å². The van der Waals surface area contributed by atoms with Crippen LogP contribution in [0.5, 0.6) is 5.75 Å². The van der Waals surface area contributed by atoms with Crippen molar-refractivity contribution >= 4 is 5.70 Å². The van der Waals surface area contributed by atoms with E-state index in [-0.39, 0.29) is 0 Å². The van der Waals surface area contributed by atoms with Crippen molar-refractivity contribution in [3.63, 3.8) is 0 Å². The molecule has 2 heterocycles. The zero-order chi connectivity index (χ0) is 23.0. The summed E-state index contributed by atoms with van der Waals surface area (Å²) >= 11 is 0. The summed E-state index contributed by atoms with van der Waals surface area (Å²) in [5.74, 6) is 1.38. The van der Waals surface area contributed by atoms with Gasteiger partial charge in [-0.1, -0.05) is 55.0 Å². The summed E-state index contributed by atoms with van der Waals surface area (Å²) in [6.07, 6.45) is 10.8. The van der Waals surface area contributed by atoms with E-state index in [0.717, 1.165) is 49.6 Å². The minimum atomic E-state index is 0.385. The van der Waals surface area contributed by atoms with E-state index >= 15 is 0 Å². The molecule has 4 rings (SSSR count). The molecule has 1 fully saturated rings. The van der Waals surface area contributed by atoms with Crippen molar-refractivity contribution in [1.82, 2.24) is 10.6 Å². The van der Waals surface area contributed by atoms with E-state index in [1.54, 1.807) is 0 Å². The summed E-state index contributed by atoms with van der Waals surface area (Å²) < 4.78 is 11.8. The second kappa shape index (κ2) is 11.2. The zero-order valence-electron chi connectivity index (χ0n) is 20.1. The molecule has 2 aliphatic rings. The number of nitrogens with one attached hydrogen (secondary N) is 2. The molecule has 0 amide bonds. The van der Waals surface area contributed by atoms with Gasteiger partial charge in [0.1, 0.15) is 5.75 Å². The van der Waals surface area contributed by atoms with E-state index in [4.69, 9.17) is 9.47 Å². The van der Waals surface area contributed by atoms with Gasteiger partial charge in [0.2, 0.25) is 0 Å². The Hall–Kier alpha value is -2.98. The number of aryl methyl sites for hydroxylation is 1. The number of hydrogen-bond acceptors (Lipinski definition) is 4. The molecule has 2 aromatic rings. The third-order valence-corrected chi connectivity index (χ3v) is 6.13. The van der Waals surface area contributed by atoms with Crippen LogP contribution in [0.1, 0.15) is 37.8 Å². The molecule has 2 aromatic carbocycles. The predicted octanol–water partition coefficient (Wildman–Crippen LogP) is 5.85. The van der Waals surface area contributed by atoms with Gasteiger partial charge in [-0.15, -0.1) is 0 Å². The van der Waals surface area contributed by atoms with Crippen LogP contribution in [0, 0.1) is 12.8 Å². The highest BCUT2D eigenvalue weighted by Crippen LogP contribution is 2.30. The Balaban J connectivity index is 1.59. The van der Waals surface area contributed by atoms with Crippen LogP contribution in [0.2, 0.25) is 0 Å². The smallest absolute Gasteiger partial charge is 0.120 e. The van der Waals surface area contributed by atoms with Crippen LogP contribution in [0.15, 0.2) is 72.5 Å². The molecule has 33 heavy (non-hydrogen) atoms. The Bertz CT molecular complexity index is 1010. The minimum Gasteiger partial charge on any atom is -0.493 e. The quantitative estimate of drug-likeness (QED) is 0.509. The standard InChI is InChI=1S/C29H36N2O2/c1-4-5-29(31-18-23-9-8-22(3)30-17-23)27-14-26(25-10-6-21(2)7-11-25)15-28(16-27)33-20-24-12-13-32-19-24/h5-11,14-17,22,24,30-31H,4,12-13,18-20H2,1-3H3/b29-5+. The number of allylic oxidation sites excluding steroid dienone is 1. The molecule has 0 bridgehead atoms. The molecule has 2 atom stereocenters. The lowest BCUT2D eigenvalue weighted by Crippen LogP contribution is -2.24. The van der Waals surface area contributed by atoms with Crippen molar-refractivity contribution < 1.29 is 9.47 Å². The fourth-order valence-corrected chi connectivity index (χ4v) is 4.09. The van der Waals surface area contributed by atoms with Crippen molar-refractivity contribution in [2.24, 2.45) is 5.92 Å². The monoisotopic (exact) mass is 444 g/mol. The first kappa shape index (κ1) is 23.2. The Morgan fingerprint density at radius 3 is 2.73 bits per heavy atom. The van der Waals surface area contributed by atoms with E-state index in [1.807, 2.05) is 0 Å². The summed E-state index contributed by atoms with van der Waals surface area (Å²) in [6, 6.07) is 15.7. The second-order valence-corrected chi connectivity index (χ2v) is 9.07. The summed E-state index contributed by atoms with van der Waals surface area (Å²) in [5, 5.41) is 7.04. The first-order valence-corrected chi connectivity index (χ1v) is 12.1. The van der Waals surface area contributed by atoms with Crippen molar-refractivity contribution in [2.45, 2.75) is 39.7 Å². The van der Waals surface area contributed by atoms with Crippen LogP contribution in [0.4, 0.5) is 0 Å². The fraction of sp³-hybridized carbons (Fsp3) is 0.379. The van der Waals surface area contributed by atoms with Crippen LogP contribution in [0.25, 0.3) is 16.8 Å². The fourth-order valence-electron chi connectivity index (χ4n) is 4.09. The van der Waals surface area contributed by atoms with Crippen LogP contribution < -0.4 is 15.4 Å². The van der Waals surface area contributed by atoms with Gasteiger partial charge in [-0.2, -0.15) is 0 Å². The lowest BCUT2D eigenvalue weighted by molar-refractivity contribution is 0.167. The molecular weight excluding hydrogens is 408 g/mol. The molecule has 0 spiro atoms. The molecule has 2 unspecified atom stereocenters. The van der Waals surface area contributed by atoms with Crippen molar-refractivity contribution in [3.8, 4) is 16.9 Å². The van der Waals surface area contributed by atoms with E-state index in [2.05, 4.69) is 98.3 Å². The zero-order valence-corrected chi connectivity index (χ0v) is 20.1. The van der Waals surface area contributed by atoms with Gasteiger partial charge in [-0.3, -0.25) is 0 Å². The molecule has 2 aliphatic heterocycles. The molecule has 0 radical (unpaired) electrons. The third-order valence-electron chi connectivity index (χ3n) is 6.13. The van der Waals surface area contributed by atoms with Crippen molar-refractivity contribution in [3.05, 3.63) is 83.6 Å². The van der Waals surface area contributed by atoms with Gasteiger partial charge in [0.15, 0.2) is 0 Å². The first-order valence-electron chi connectivity index (χ1n) is 12.1. The first-order chi connectivity index (χ1) is 16.1. The normalized spacial score (nSPS) is 20.3. The summed E-state index contributed by atoms with van der Waals surface area (Å²) in [6.45, 7) is 9.54. The minimum absolute atomic E-state index is 0.385. The summed E-state index contributed by atoms with van der Waals surface area (Å²) in [5.41, 5.74) is 7.15. The van der Waals surface area contributed by atoms with E-state index in [1.165, 1.54) is 22.3 Å². The largest absolute Gasteiger partial charge is 0.493 e. The highest BCUT2D eigenvalue weighted by atomic mass is 16.5. The van der Waals surface area contributed by atoms with Gasteiger partial charge in [0.25, 0.3) is 0 Å². The SMILES string of the molecule is CC/C=C(/NCC1=CNC(C)C=C1)c1cc(OCC2CCOC2)cc(-c2ccc(C)cc2)c1. The average molecular weight is 445 g/mol. The van der Waals surface area contributed by atoms with Gasteiger partial charge in [-0.25, -0.2) is 0 Å². The Morgan fingerprint density at radius 1 is 1.18 bits per heavy atom. The van der Waals surface area contributed by atoms with Gasteiger partial charge in [0, 0.05) is 42.6 Å². The number of hydrogen-bond donors (Lipinski definition) is 2. The molecular formula is C29H36N2O2. The molecule has 0 aromatic heterocycles. The highest BCUT2D eigenvalue weighted by molar-refractivity contribution is 5.74. The van der Waals surface area contributed by atoms with Gasteiger partial charge < -0.3 is 20.1 Å². The van der Waals surface area contributed by atoms with Gasteiger partial charge in [-0.05, 0) is 61.6 Å².